The number of amides is 1. The first-order valence-electron chi connectivity index (χ1n) is 8.39. The van der Waals surface area contributed by atoms with Gasteiger partial charge in [-0.2, -0.15) is 0 Å². The van der Waals surface area contributed by atoms with Crippen LogP contribution in [0.2, 0.25) is 0 Å². The molecule has 2 aromatic rings. The first-order chi connectivity index (χ1) is 12.2. The molecule has 1 aliphatic rings. The van der Waals surface area contributed by atoms with Gasteiger partial charge in [-0.1, -0.05) is 39.8 Å². The number of aromatic nitrogens is 2. The number of rotatable bonds is 6. The van der Waals surface area contributed by atoms with E-state index >= 15 is 0 Å². The lowest BCUT2D eigenvalue weighted by molar-refractivity contribution is -0.126. The number of halogens is 1. The molecule has 5 nitrogen and oxygen atoms in total. The summed E-state index contributed by atoms with van der Waals surface area (Å²) in [5, 5.41) is 8.52. The average Bonchev–Trinajstić information content (AvgIpc) is 3.11. The molecule has 0 spiro atoms. The highest BCUT2D eigenvalue weighted by Crippen LogP contribution is 2.26. The van der Waals surface area contributed by atoms with E-state index in [2.05, 4.69) is 32.2 Å². The summed E-state index contributed by atoms with van der Waals surface area (Å²) in [6.07, 6.45) is 6.60. The summed E-state index contributed by atoms with van der Waals surface area (Å²) in [6.45, 7) is 2.70. The van der Waals surface area contributed by atoms with Crippen molar-refractivity contribution in [2.75, 3.05) is 12.3 Å². The Hall–Kier alpha value is -1.60. The molecule has 132 valence electrons. The molecule has 0 unspecified atom stereocenters. The molecule has 1 aliphatic carbocycles. The number of benzene rings is 1. The molecule has 1 aromatic heterocycles. The third-order valence-electron chi connectivity index (χ3n) is 4.03. The highest BCUT2D eigenvalue weighted by molar-refractivity contribution is 9.10. The van der Waals surface area contributed by atoms with Gasteiger partial charge in [0.25, 0.3) is 5.22 Å². The van der Waals surface area contributed by atoms with Gasteiger partial charge in [0.1, 0.15) is 0 Å². The normalized spacial score (nSPS) is 14.2. The van der Waals surface area contributed by atoms with E-state index in [1.807, 2.05) is 36.1 Å². The SMILES string of the molecule is CCN(C(=O)CSc1nnc(-c2cccc(Br)c2)o1)C1=CCCCC1. The van der Waals surface area contributed by atoms with Crippen LogP contribution in [-0.4, -0.2) is 33.3 Å². The molecule has 0 saturated carbocycles. The largest absolute Gasteiger partial charge is 0.411 e. The van der Waals surface area contributed by atoms with Gasteiger partial charge in [-0.05, 0) is 50.8 Å². The summed E-state index contributed by atoms with van der Waals surface area (Å²) in [5.41, 5.74) is 2.00. The van der Waals surface area contributed by atoms with Gasteiger partial charge in [0, 0.05) is 22.3 Å². The number of hydrogen-bond donors (Lipinski definition) is 0. The standard InChI is InChI=1S/C18H20BrN3O2S/c1-2-22(15-9-4-3-5-10-15)16(23)12-25-18-21-20-17(24-18)13-7-6-8-14(19)11-13/h6-9,11H,2-5,10,12H2,1H3. The molecule has 0 aliphatic heterocycles. The Labute approximate surface area is 160 Å². The maximum Gasteiger partial charge on any atom is 0.277 e. The monoisotopic (exact) mass is 421 g/mol. The van der Waals surface area contributed by atoms with Gasteiger partial charge in [0.15, 0.2) is 0 Å². The van der Waals surface area contributed by atoms with Crippen molar-refractivity contribution < 1.29 is 9.21 Å². The van der Waals surface area contributed by atoms with Crippen LogP contribution in [0.4, 0.5) is 0 Å². The van der Waals surface area contributed by atoms with Crippen molar-refractivity contribution in [1.29, 1.82) is 0 Å². The highest BCUT2D eigenvalue weighted by Gasteiger charge is 2.19. The Morgan fingerprint density at radius 2 is 2.24 bits per heavy atom. The third kappa shape index (κ3) is 4.73. The molecule has 1 heterocycles. The number of carbonyl (C=O) groups excluding carboxylic acids is 1. The molecule has 0 fully saturated rings. The summed E-state index contributed by atoms with van der Waals surface area (Å²) in [4.78, 5) is 14.4. The Balaban J connectivity index is 1.61. The van der Waals surface area contributed by atoms with Crippen LogP contribution in [-0.2, 0) is 4.79 Å². The van der Waals surface area contributed by atoms with Crippen LogP contribution in [0, 0.1) is 0 Å². The van der Waals surface area contributed by atoms with Crippen molar-refractivity contribution in [2.24, 2.45) is 0 Å². The number of hydrogen-bond acceptors (Lipinski definition) is 5. The van der Waals surface area contributed by atoms with Crippen LogP contribution in [0.25, 0.3) is 11.5 Å². The number of nitrogens with zero attached hydrogens (tertiary/aromatic N) is 3. The Bertz CT molecular complexity index is 775. The summed E-state index contributed by atoms with van der Waals surface area (Å²) in [5.74, 6) is 0.840. The van der Waals surface area contributed by atoms with Crippen LogP contribution in [0.3, 0.4) is 0 Å². The lowest BCUT2D eigenvalue weighted by Gasteiger charge is -2.26. The fourth-order valence-electron chi connectivity index (χ4n) is 2.81. The smallest absolute Gasteiger partial charge is 0.277 e. The molecule has 0 atom stereocenters. The maximum atomic E-state index is 12.5. The van der Waals surface area contributed by atoms with Crippen molar-refractivity contribution in [3.05, 3.63) is 40.5 Å². The minimum Gasteiger partial charge on any atom is -0.411 e. The third-order valence-corrected chi connectivity index (χ3v) is 5.32. The van der Waals surface area contributed by atoms with E-state index in [4.69, 9.17) is 4.42 Å². The summed E-state index contributed by atoms with van der Waals surface area (Å²) in [7, 11) is 0. The molecule has 3 rings (SSSR count). The van der Waals surface area contributed by atoms with Crippen LogP contribution < -0.4 is 0 Å². The number of thioether (sulfide) groups is 1. The molecule has 0 saturated heterocycles. The van der Waals surface area contributed by atoms with Crippen molar-refractivity contribution >= 4 is 33.6 Å². The summed E-state index contributed by atoms with van der Waals surface area (Å²) in [6, 6.07) is 7.68. The van der Waals surface area contributed by atoms with Crippen LogP contribution in [0.5, 0.6) is 0 Å². The zero-order chi connectivity index (χ0) is 17.6. The second-order valence-electron chi connectivity index (χ2n) is 5.75. The van der Waals surface area contributed by atoms with E-state index in [0.717, 1.165) is 35.0 Å². The fraction of sp³-hybridized carbons (Fsp3) is 0.389. The van der Waals surface area contributed by atoms with Gasteiger partial charge in [-0.25, -0.2) is 0 Å². The van der Waals surface area contributed by atoms with Crippen LogP contribution in [0.15, 0.2) is 50.2 Å². The molecule has 1 amide bonds. The van der Waals surface area contributed by atoms with Gasteiger partial charge in [-0.15, -0.1) is 10.2 Å². The van der Waals surface area contributed by atoms with Gasteiger partial charge in [0.2, 0.25) is 11.8 Å². The van der Waals surface area contributed by atoms with E-state index in [1.165, 1.54) is 18.2 Å². The second-order valence-corrected chi connectivity index (χ2v) is 7.59. The van der Waals surface area contributed by atoms with E-state index in [-0.39, 0.29) is 5.91 Å². The second kappa shape index (κ2) is 8.67. The Kier molecular flexibility index (Phi) is 6.31. The fourth-order valence-corrected chi connectivity index (χ4v) is 3.85. The van der Waals surface area contributed by atoms with Crippen molar-refractivity contribution in [3.8, 4) is 11.5 Å². The van der Waals surface area contributed by atoms with E-state index < -0.39 is 0 Å². The van der Waals surface area contributed by atoms with Crippen molar-refractivity contribution in [2.45, 2.75) is 37.8 Å². The number of allylic oxidation sites excluding steroid dienone is 2. The summed E-state index contributed by atoms with van der Waals surface area (Å²) >= 11 is 4.71. The molecule has 0 N–H and O–H groups in total. The van der Waals surface area contributed by atoms with Gasteiger partial charge in [0.05, 0.1) is 5.75 Å². The number of carbonyl (C=O) groups is 1. The molecule has 25 heavy (non-hydrogen) atoms. The van der Waals surface area contributed by atoms with E-state index in [0.29, 0.717) is 23.4 Å². The topological polar surface area (TPSA) is 59.2 Å². The van der Waals surface area contributed by atoms with E-state index in [9.17, 15) is 4.79 Å². The molecule has 1 aromatic carbocycles. The average molecular weight is 422 g/mol. The first kappa shape index (κ1) is 18.2. The molecule has 0 bridgehead atoms. The minimum atomic E-state index is 0.0860. The van der Waals surface area contributed by atoms with E-state index in [1.54, 1.807) is 0 Å². The van der Waals surface area contributed by atoms with Gasteiger partial charge < -0.3 is 9.32 Å². The van der Waals surface area contributed by atoms with Gasteiger partial charge in [-0.3, -0.25) is 4.79 Å². The molecule has 0 radical (unpaired) electrons. The maximum absolute atomic E-state index is 12.5. The predicted molar refractivity (Wildman–Crippen MR) is 102 cm³/mol. The predicted octanol–water partition coefficient (Wildman–Crippen LogP) is 4.90. The Morgan fingerprint density at radius 1 is 1.36 bits per heavy atom. The van der Waals surface area contributed by atoms with Gasteiger partial charge >= 0.3 is 0 Å². The van der Waals surface area contributed by atoms with Crippen molar-refractivity contribution in [1.82, 2.24) is 15.1 Å². The molecular formula is C18H20BrN3O2S. The highest BCUT2D eigenvalue weighted by atomic mass is 79.9. The molecular weight excluding hydrogens is 402 g/mol. The van der Waals surface area contributed by atoms with Crippen LogP contribution in [0.1, 0.15) is 32.6 Å². The quantitative estimate of drug-likeness (QED) is 0.620. The van der Waals surface area contributed by atoms with Crippen LogP contribution >= 0.6 is 27.7 Å². The lowest BCUT2D eigenvalue weighted by Crippen LogP contribution is -2.32. The lowest BCUT2D eigenvalue weighted by atomic mass is 10.0. The van der Waals surface area contributed by atoms with Crippen molar-refractivity contribution in [3.63, 3.8) is 0 Å². The minimum absolute atomic E-state index is 0.0860. The zero-order valence-corrected chi connectivity index (χ0v) is 16.5. The summed E-state index contributed by atoms with van der Waals surface area (Å²) < 4.78 is 6.62. The molecule has 7 heteroatoms. The first-order valence-corrected chi connectivity index (χ1v) is 10.2. The zero-order valence-electron chi connectivity index (χ0n) is 14.1. The Morgan fingerprint density at radius 3 is 2.96 bits per heavy atom.